The molecule has 110 valence electrons. The second kappa shape index (κ2) is 6.29. The van der Waals surface area contributed by atoms with E-state index in [1.54, 1.807) is 6.07 Å². The second-order valence-corrected chi connectivity index (χ2v) is 6.93. The molecule has 2 N–H and O–H groups in total. The second-order valence-electron chi connectivity index (χ2n) is 6.93. The standard InChI is InChI=1S/C16H26BNO2/c1-16(2)9-7-15(8-10-16)18(3)12-13-5-4-6-14(11-13)17(19)20/h4-6,11,15,19-20H,7-10,12H2,1-3H3. The van der Waals surface area contributed by atoms with Crippen molar-refractivity contribution in [2.24, 2.45) is 5.41 Å². The molecule has 4 heteroatoms. The van der Waals surface area contributed by atoms with E-state index in [0.29, 0.717) is 16.9 Å². The summed E-state index contributed by atoms with van der Waals surface area (Å²) in [5.41, 5.74) is 2.21. The molecule has 1 saturated carbocycles. The summed E-state index contributed by atoms with van der Waals surface area (Å²) in [5, 5.41) is 18.5. The van der Waals surface area contributed by atoms with Gasteiger partial charge in [-0.2, -0.15) is 0 Å². The Morgan fingerprint density at radius 3 is 2.50 bits per heavy atom. The maximum atomic E-state index is 9.23. The maximum absolute atomic E-state index is 9.23. The van der Waals surface area contributed by atoms with Crippen molar-refractivity contribution >= 4 is 12.6 Å². The van der Waals surface area contributed by atoms with E-state index in [-0.39, 0.29) is 0 Å². The molecule has 0 heterocycles. The minimum absolute atomic E-state index is 0.498. The Hall–Kier alpha value is -0.835. The highest BCUT2D eigenvalue weighted by Crippen LogP contribution is 2.36. The monoisotopic (exact) mass is 275 g/mol. The molecular weight excluding hydrogens is 249 g/mol. The molecule has 20 heavy (non-hydrogen) atoms. The highest BCUT2D eigenvalue weighted by atomic mass is 16.4. The lowest BCUT2D eigenvalue weighted by molar-refractivity contribution is 0.123. The molecule has 0 aliphatic heterocycles. The Kier molecular flexibility index (Phi) is 4.89. The molecule has 1 aliphatic rings. The zero-order valence-electron chi connectivity index (χ0n) is 12.8. The summed E-state index contributed by atoms with van der Waals surface area (Å²) in [7, 11) is 0.793. The molecule has 0 saturated heterocycles. The summed E-state index contributed by atoms with van der Waals surface area (Å²) in [4.78, 5) is 2.40. The van der Waals surface area contributed by atoms with Gasteiger partial charge in [-0.25, -0.2) is 0 Å². The van der Waals surface area contributed by atoms with Gasteiger partial charge in [0.15, 0.2) is 0 Å². The zero-order chi connectivity index (χ0) is 14.8. The van der Waals surface area contributed by atoms with E-state index >= 15 is 0 Å². The maximum Gasteiger partial charge on any atom is 0.488 e. The van der Waals surface area contributed by atoms with E-state index < -0.39 is 7.12 Å². The van der Waals surface area contributed by atoms with Crippen LogP contribution in [0.25, 0.3) is 0 Å². The smallest absolute Gasteiger partial charge is 0.423 e. The van der Waals surface area contributed by atoms with Gasteiger partial charge in [0.25, 0.3) is 0 Å². The molecule has 1 aromatic carbocycles. The van der Waals surface area contributed by atoms with Crippen molar-refractivity contribution < 1.29 is 10.0 Å². The number of rotatable bonds is 4. The third kappa shape index (κ3) is 4.08. The zero-order valence-corrected chi connectivity index (χ0v) is 12.8. The first-order chi connectivity index (χ1) is 9.37. The molecule has 3 nitrogen and oxygen atoms in total. The van der Waals surface area contributed by atoms with E-state index in [2.05, 4.69) is 31.9 Å². The van der Waals surface area contributed by atoms with Crippen LogP contribution in [0.2, 0.25) is 0 Å². The fourth-order valence-electron chi connectivity index (χ4n) is 3.09. The number of hydrogen-bond donors (Lipinski definition) is 2. The highest BCUT2D eigenvalue weighted by molar-refractivity contribution is 6.58. The van der Waals surface area contributed by atoms with Crippen LogP contribution in [0.4, 0.5) is 0 Å². The van der Waals surface area contributed by atoms with Gasteiger partial charge in [-0.15, -0.1) is 0 Å². The third-order valence-electron chi connectivity index (χ3n) is 4.61. The first-order valence-corrected chi connectivity index (χ1v) is 7.53. The molecule has 1 aliphatic carbocycles. The Labute approximate surface area is 122 Å². The van der Waals surface area contributed by atoms with E-state index in [9.17, 15) is 10.0 Å². The van der Waals surface area contributed by atoms with Crippen molar-refractivity contribution in [1.29, 1.82) is 0 Å². The molecule has 0 spiro atoms. The Morgan fingerprint density at radius 2 is 1.90 bits per heavy atom. The van der Waals surface area contributed by atoms with E-state index in [1.165, 1.54) is 25.7 Å². The Bertz CT molecular complexity index is 438. The Balaban J connectivity index is 1.94. The molecule has 1 fully saturated rings. The van der Waals surface area contributed by atoms with Crippen LogP contribution in [0.5, 0.6) is 0 Å². The van der Waals surface area contributed by atoms with Crippen molar-refractivity contribution in [3.8, 4) is 0 Å². The molecule has 0 atom stereocenters. The van der Waals surface area contributed by atoms with Crippen molar-refractivity contribution in [3.63, 3.8) is 0 Å². The predicted molar refractivity (Wildman–Crippen MR) is 83.8 cm³/mol. The fraction of sp³-hybridized carbons (Fsp3) is 0.625. The SMILES string of the molecule is CN(Cc1cccc(B(O)O)c1)C1CCC(C)(C)CC1. The summed E-state index contributed by atoms with van der Waals surface area (Å²) in [6.45, 7) is 5.58. The minimum atomic E-state index is -1.38. The lowest BCUT2D eigenvalue weighted by Crippen LogP contribution is -2.37. The summed E-state index contributed by atoms with van der Waals surface area (Å²) in [6, 6.07) is 8.22. The minimum Gasteiger partial charge on any atom is -0.423 e. The molecule has 2 rings (SSSR count). The topological polar surface area (TPSA) is 43.7 Å². The summed E-state index contributed by atoms with van der Waals surface area (Å²) >= 11 is 0. The molecule has 1 aromatic rings. The predicted octanol–water partition coefficient (Wildman–Crippen LogP) is 1.77. The fourth-order valence-corrected chi connectivity index (χ4v) is 3.09. The Morgan fingerprint density at radius 1 is 1.25 bits per heavy atom. The molecular formula is C16H26BNO2. The van der Waals surface area contributed by atoms with Crippen molar-refractivity contribution in [2.45, 2.75) is 52.1 Å². The molecule has 0 unspecified atom stereocenters. The lowest BCUT2D eigenvalue weighted by Gasteiger charge is -2.38. The first-order valence-electron chi connectivity index (χ1n) is 7.53. The number of nitrogens with zero attached hydrogens (tertiary/aromatic N) is 1. The first kappa shape index (κ1) is 15.6. The lowest BCUT2D eigenvalue weighted by atomic mass is 9.75. The van der Waals surface area contributed by atoms with Gasteiger partial charge in [0.05, 0.1) is 0 Å². The van der Waals surface area contributed by atoms with Gasteiger partial charge in [0.1, 0.15) is 0 Å². The van der Waals surface area contributed by atoms with Gasteiger partial charge in [0, 0.05) is 12.6 Å². The third-order valence-corrected chi connectivity index (χ3v) is 4.61. The van der Waals surface area contributed by atoms with Crippen LogP contribution in [0, 0.1) is 5.41 Å². The summed E-state index contributed by atoms with van der Waals surface area (Å²) < 4.78 is 0. The van der Waals surface area contributed by atoms with Crippen LogP contribution in [0.1, 0.15) is 45.1 Å². The van der Waals surface area contributed by atoms with Crippen LogP contribution in [-0.4, -0.2) is 35.2 Å². The van der Waals surface area contributed by atoms with Gasteiger partial charge in [-0.1, -0.05) is 38.1 Å². The van der Waals surface area contributed by atoms with Crippen LogP contribution in [-0.2, 0) is 6.54 Å². The highest BCUT2D eigenvalue weighted by Gasteiger charge is 2.28. The molecule has 0 radical (unpaired) electrons. The van der Waals surface area contributed by atoms with Crippen LogP contribution < -0.4 is 5.46 Å². The van der Waals surface area contributed by atoms with E-state index in [4.69, 9.17) is 0 Å². The van der Waals surface area contributed by atoms with Gasteiger partial charge < -0.3 is 10.0 Å². The van der Waals surface area contributed by atoms with Gasteiger partial charge >= 0.3 is 7.12 Å². The summed E-state index contributed by atoms with van der Waals surface area (Å²) in [6.07, 6.45) is 5.09. The molecule has 0 aromatic heterocycles. The van der Waals surface area contributed by atoms with Crippen LogP contribution in [0.15, 0.2) is 24.3 Å². The van der Waals surface area contributed by atoms with Gasteiger partial charge in [-0.05, 0) is 49.2 Å². The van der Waals surface area contributed by atoms with Gasteiger partial charge in [0.2, 0.25) is 0 Å². The average molecular weight is 275 g/mol. The quantitative estimate of drug-likeness (QED) is 0.823. The largest absolute Gasteiger partial charge is 0.488 e. The summed E-state index contributed by atoms with van der Waals surface area (Å²) in [5.74, 6) is 0. The van der Waals surface area contributed by atoms with E-state index in [0.717, 1.165) is 12.1 Å². The van der Waals surface area contributed by atoms with Crippen LogP contribution in [0.3, 0.4) is 0 Å². The number of hydrogen-bond acceptors (Lipinski definition) is 3. The van der Waals surface area contributed by atoms with Crippen molar-refractivity contribution in [1.82, 2.24) is 4.90 Å². The van der Waals surface area contributed by atoms with Gasteiger partial charge in [-0.3, -0.25) is 4.90 Å². The average Bonchev–Trinajstić information content (AvgIpc) is 2.38. The van der Waals surface area contributed by atoms with E-state index in [1.807, 2.05) is 12.1 Å². The van der Waals surface area contributed by atoms with Crippen molar-refractivity contribution in [3.05, 3.63) is 29.8 Å². The number of benzene rings is 1. The normalized spacial score (nSPS) is 19.3. The van der Waals surface area contributed by atoms with Crippen molar-refractivity contribution in [2.75, 3.05) is 7.05 Å². The van der Waals surface area contributed by atoms with Crippen LogP contribution >= 0.6 is 0 Å². The molecule has 0 amide bonds. The molecule has 0 bridgehead atoms.